The largest absolute Gasteiger partial charge is 0.321 e. The van der Waals surface area contributed by atoms with Gasteiger partial charge in [0, 0.05) is 61.4 Å². The van der Waals surface area contributed by atoms with Crippen LogP contribution in [0.15, 0.2) is 34.5 Å². The van der Waals surface area contributed by atoms with Crippen LogP contribution in [0, 0.1) is 6.92 Å². The predicted octanol–water partition coefficient (Wildman–Crippen LogP) is 3.60. The van der Waals surface area contributed by atoms with Crippen LogP contribution in [0.3, 0.4) is 0 Å². The highest BCUT2D eigenvalue weighted by Gasteiger charge is 2.31. The summed E-state index contributed by atoms with van der Waals surface area (Å²) in [7, 11) is -3.66. The van der Waals surface area contributed by atoms with E-state index in [1.54, 1.807) is 23.2 Å². The molecule has 2 aliphatic heterocycles. The van der Waals surface area contributed by atoms with Crippen molar-refractivity contribution in [1.29, 1.82) is 0 Å². The lowest BCUT2D eigenvalue weighted by Crippen LogP contribution is -2.38. The fourth-order valence-electron chi connectivity index (χ4n) is 3.76. The minimum absolute atomic E-state index is 0.113. The van der Waals surface area contributed by atoms with Gasteiger partial charge in [0.1, 0.15) is 9.77 Å². The number of thiophene rings is 1. The van der Waals surface area contributed by atoms with E-state index in [1.807, 2.05) is 30.8 Å². The van der Waals surface area contributed by atoms with Crippen LogP contribution in [-0.2, 0) is 16.6 Å². The number of nitrogens with zero attached hydrogens (tertiary/aromatic N) is 2. The summed E-state index contributed by atoms with van der Waals surface area (Å²) in [6.45, 7) is 6.00. The van der Waals surface area contributed by atoms with Gasteiger partial charge < -0.3 is 5.32 Å². The molecule has 0 unspecified atom stereocenters. The van der Waals surface area contributed by atoms with Crippen molar-refractivity contribution in [2.24, 2.45) is 0 Å². The van der Waals surface area contributed by atoms with Crippen molar-refractivity contribution in [1.82, 2.24) is 9.21 Å². The molecule has 168 valence electrons. The summed E-state index contributed by atoms with van der Waals surface area (Å²) in [6, 6.07) is 7.48. The minimum atomic E-state index is -3.66. The van der Waals surface area contributed by atoms with E-state index in [-0.39, 0.29) is 15.7 Å². The second-order valence-corrected chi connectivity index (χ2v) is 12.8. The van der Waals surface area contributed by atoms with Gasteiger partial charge in [-0.2, -0.15) is 27.8 Å². The Kier molecular flexibility index (Phi) is 7.66. The Labute approximate surface area is 196 Å². The Morgan fingerprint density at radius 3 is 2.42 bits per heavy atom. The summed E-state index contributed by atoms with van der Waals surface area (Å²) in [5.41, 5.74) is 2.96. The van der Waals surface area contributed by atoms with Crippen LogP contribution in [0.4, 0.5) is 5.69 Å². The van der Waals surface area contributed by atoms with Crippen molar-refractivity contribution in [3.05, 3.63) is 45.6 Å². The summed E-state index contributed by atoms with van der Waals surface area (Å²) in [5.74, 6) is 3.51. The second-order valence-electron chi connectivity index (χ2n) is 7.56. The molecule has 0 spiro atoms. The first-order valence-corrected chi connectivity index (χ1v) is 14.9. The Bertz CT molecular complexity index is 1030. The smallest absolute Gasteiger partial charge is 0.267 e. The lowest BCUT2D eigenvalue weighted by atomic mass is 10.1. The van der Waals surface area contributed by atoms with Gasteiger partial charge in [-0.3, -0.25) is 9.69 Å². The highest BCUT2D eigenvalue weighted by atomic mass is 32.2. The second kappa shape index (κ2) is 10.3. The van der Waals surface area contributed by atoms with E-state index in [1.165, 1.54) is 21.2 Å². The molecule has 2 fully saturated rings. The van der Waals surface area contributed by atoms with Gasteiger partial charge in [-0.1, -0.05) is 12.1 Å². The van der Waals surface area contributed by atoms with Crippen LogP contribution >= 0.6 is 34.9 Å². The van der Waals surface area contributed by atoms with Crippen molar-refractivity contribution in [3.8, 4) is 0 Å². The quantitative estimate of drug-likeness (QED) is 0.658. The number of amides is 1. The van der Waals surface area contributed by atoms with Crippen molar-refractivity contribution >= 4 is 56.5 Å². The molecule has 1 N–H and O–H groups in total. The molecular formula is C21H27N3O3S4. The van der Waals surface area contributed by atoms with Gasteiger partial charge in [-0.25, -0.2) is 8.42 Å². The van der Waals surface area contributed by atoms with Crippen LogP contribution in [0.25, 0.3) is 0 Å². The fraction of sp³-hybridized carbons (Fsp3) is 0.476. The molecular weight excluding hydrogens is 471 g/mol. The third-order valence-corrected chi connectivity index (χ3v) is 10.5. The first-order chi connectivity index (χ1) is 15.0. The average molecular weight is 498 g/mol. The summed E-state index contributed by atoms with van der Waals surface area (Å²) in [4.78, 5) is 15.9. The van der Waals surface area contributed by atoms with Gasteiger partial charge in [-0.15, -0.1) is 11.3 Å². The number of carbonyl (C=O) groups is 1. The molecule has 2 saturated heterocycles. The highest BCUT2D eigenvalue weighted by molar-refractivity contribution is 7.99. The molecule has 0 saturated carbocycles. The maximum atomic E-state index is 13.1. The van der Waals surface area contributed by atoms with Gasteiger partial charge in [0.2, 0.25) is 10.0 Å². The number of anilines is 1. The summed E-state index contributed by atoms with van der Waals surface area (Å²) >= 11 is 4.91. The zero-order chi connectivity index (χ0) is 21.8. The Hall–Kier alpha value is -1.04. The normalized spacial score (nSPS) is 18.7. The first-order valence-electron chi connectivity index (χ1n) is 10.3. The molecule has 0 atom stereocenters. The van der Waals surface area contributed by atoms with E-state index >= 15 is 0 Å². The lowest BCUT2D eigenvalue weighted by molar-refractivity contribution is 0.102. The number of thioether (sulfide) groups is 2. The van der Waals surface area contributed by atoms with Crippen LogP contribution in [-0.4, -0.2) is 72.7 Å². The molecule has 1 aromatic heterocycles. The van der Waals surface area contributed by atoms with Crippen LogP contribution in [0.5, 0.6) is 0 Å². The molecule has 0 radical (unpaired) electrons. The summed E-state index contributed by atoms with van der Waals surface area (Å²) < 4.78 is 27.7. The Morgan fingerprint density at radius 2 is 1.71 bits per heavy atom. The van der Waals surface area contributed by atoms with E-state index in [9.17, 15) is 13.2 Å². The van der Waals surface area contributed by atoms with Crippen LogP contribution < -0.4 is 5.32 Å². The van der Waals surface area contributed by atoms with Crippen LogP contribution in [0.1, 0.15) is 20.8 Å². The third-order valence-electron chi connectivity index (χ3n) is 5.62. The van der Waals surface area contributed by atoms with Gasteiger partial charge in [-0.05, 0) is 35.6 Å². The number of sulfonamides is 1. The molecule has 0 bridgehead atoms. The Morgan fingerprint density at radius 1 is 1.03 bits per heavy atom. The molecule has 3 heterocycles. The average Bonchev–Trinajstić information content (AvgIpc) is 3.29. The SMILES string of the molecule is Cc1c(CN2CCSCC2)cccc1NC(=O)c1sccc1S(=O)(=O)N1CCSCC1. The minimum Gasteiger partial charge on any atom is -0.321 e. The molecule has 31 heavy (non-hydrogen) atoms. The number of hydrogen-bond acceptors (Lipinski definition) is 7. The van der Waals surface area contributed by atoms with Gasteiger partial charge in [0.25, 0.3) is 5.91 Å². The van der Waals surface area contributed by atoms with E-state index < -0.39 is 10.0 Å². The summed E-state index contributed by atoms with van der Waals surface area (Å²) in [5, 5.41) is 4.65. The molecule has 1 aromatic carbocycles. The molecule has 0 aliphatic carbocycles. The van der Waals surface area contributed by atoms with Crippen molar-refractivity contribution in [3.63, 3.8) is 0 Å². The number of carbonyl (C=O) groups excluding carboxylic acids is 1. The van der Waals surface area contributed by atoms with E-state index in [0.29, 0.717) is 13.1 Å². The first kappa shape index (κ1) is 23.1. The van der Waals surface area contributed by atoms with Gasteiger partial charge in [0.05, 0.1) is 0 Å². The maximum absolute atomic E-state index is 13.1. The molecule has 4 rings (SSSR count). The summed E-state index contributed by atoms with van der Waals surface area (Å²) in [6.07, 6.45) is 0. The highest BCUT2D eigenvalue weighted by Crippen LogP contribution is 2.29. The number of hydrogen-bond donors (Lipinski definition) is 1. The van der Waals surface area contributed by atoms with Crippen molar-refractivity contribution in [2.45, 2.75) is 18.4 Å². The van der Waals surface area contributed by atoms with Crippen molar-refractivity contribution < 1.29 is 13.2 Å². The number of benzene rings is 1. The van der Waals surface area contributed by atoms with E-state index in [4.69, 9.17) is 0 Å². The molecule has 2 aromatic rings. The predicted molar refractivity (Wildman–Crippen MR) is 132 cm³/mol. The zero-order valence-electron chi connectivity index (χ0n) is 17.5. The topological polar surface area (TPSA) is 69.7 Å². The molecule has 6 nitrogen and oxygen atoms in total. The van der Waals surface area contributed by atoms with Gasteiger partial charge in [0.15, 0.2) is 0 Å². The standard InChI is InChI=1S/C21H27N3O3S4/c1-16-17(15-23-6-11-28-12-7-23)3-2-4-18(16)22-21(25)20-19(5-10-30-20)31(26,27)24-8-13-29-14-9-24/h2-5,10H,6-9,11-15H2,1H3,(H,22,25). The number of rotatable bonds is 6. The zero-order valence-corrected chi connectivity index (χ0v) is 20.8. The van der Waals surface area contributed by atoms with Crippen molar-refractivity contribution in [2.75, 3.05) is 54.5 Å². The van der Waals surface area contributed by atoms with Gasteiger partial charge >= 0.3 is 0 Å². The lowest BCUT2D eigenvalue weighted by Gasteiger charge is -2.27. The van der Waals surface area contributed by atoms with E-state index in [2.05, 4.69) is 16.3 Å². The van der Waals surface area contributed by atoms with E-state index in [0.717, 1.165) is 53.9 Å². The van der Waals surface area contributed by atoms with Crippen LogP contribution in [0.2, 0.25) is 0 Å². The monoisotopic (exact) mass is 497 g/mol. The molecule has 10 heteroatoms. The fourth-order valence-corrected chi connectivity index (χ4v) is 8.61. The Balaban J connectivity index is 1.52. The molecule has 2 aliphatic rings. The maximum Gasteiger partial charge on any atom is 0.267 e. The third kappa shape index (κ3) is 5.31. The molecule has 1 amide bonds. The number of nitrogens with one attached hydrogen (secondary N) is 1.